The minimum absolute atomic E-state index is 0.0160. The van der Waals surface area contributed by atoms with Crippen LogP contribution in [0.15, 0.2) is 16.9 Å². The van der Waals surface area contributed by atoms with Crippen LogP contribution in [0.25, 0.3) is 0 Å². The number of nitrogens with zero attached hydrogens (tertiary/aromatic N) is 6. The Morgan fingerprint density at radius 2 is 1.79 bits per heavy atom. The number of hydrogen-bond acceptors (Lipinski definition) is 10. The van der Waals surface area contributed by atoms with Crippen LogP contribution < -0.4 is 19.9 Å². The van der Waals surface area contributed by atoms with E-state index < -0.39 is 5.60 Å². The predicted octanol–water partition coefficient (Wildman–Crippen LogP) is 4.41. The molecule has 0 aliphatic carbocycles. The highest BCUT2D eigenvalue weighted by molar-refractivity contribution is 5.68. The molecule has 2 fully saturated rings. The minimum atomic E-state index is -0.509. The van der Waals surface area contributed by atoms with E-state index in [9.17, 15) is 4.79 Å². The molecule has 38 heavy (non-hydrogen) atoms. The summed E-state index contributed by atoms with van der Waals surface area (Å²) < 4.78 is 16.8. The van der Waals surface area contributed by atoms with Gasteiger partial charge in [0, 0.05) is 32.1 Å². The van der Waals surface area contributed by atoms with Crippen molar-refractivity contribution < 1.29 is 18.8 Å². The summed E-state index contributed by atoms with van der Waals surface area (Å²) in [6, 6.07) is 0.664. The maximum Gasteiger partial charge on any atom is 0.407 e. The molecule has 2 atom stereocenters. The highest BCUT2D eigenvalue weighted by Gasteiger charge is 2.28. The molecule has 11 heteroatoms. The third kappa shape index (κ3) is 7.70. The lowest BCUT2D eigenvalue weighted by Crippen LogP contribution is -2.40. The van der Waals surface area contributed by atoms with Crippen molar-refractivity contribution in [3.63, 3.8) is 0 Å². The summed E-state index contributed by atoms with van der Waals surface area (Å²) in [4.78, 5) is 29.8. The molecule has 2 aliphatic rings. The second-order valence-electron chi connectivity index (χ2n) is 11.8. The number of alkyl carbamates (subject to hydrolysis) is 1. The molecule has 2 aliphatic heterocycles. The van der Waals surface area contributed by atoms with Crippen molar-refractivity contribution in [1.82, 2.24) is 25.4 Å². The first kappa shape index (κ1) is 27.9. The second-order valence-corrected chi connectivity index (χ2v) is 11.8. The van der Waals surface area contributed by atoms with Crippen molar-refractivity contribution in [2.24, 2.45) is 11.8 Å². The van der Waals surface area contributed by atoms with Crippen LogP contribution in [0.4, 0.5) is 16.8 Å². The molecule has 0 spiro atoms. The SMILES string of the molecule is CC(C)c1noc(N2CCC([C@H](C)CCOc3cnc(N4CC[C@@H](NC(=O)OC(C)(C)C)C4)nc3)CC2)n1. The molecule has 2 saturated heterocycles. The number of carbonyl (C=O) groups excluding carboxylic acids is 1. The van der Waals surface area contributed by atoms with Gasteiger partial charge in [0.1, 0.15) is 5.60 Å². The zero-order chi connectivity index (χ0) is 27.3. The lowest BCUT2D eigenvalue weighted by Gasteiger charge is -2.33. The van der Waals surface area contributed by atoms with Crippen molar-refractivity contribution in [3.05, 3.63) is 18.2 Å². The quantitative estimate of drug-likeness (QED) is 0.500. The monoisotopic (exact) mass is 529 g/mol. The maximum absolute atomic E-state index is 12.0. The van der Waals surface area contributed by atoms with Gasteiger partial charge in [-0.1, -0.05) is 25.9 Å². The first-order valence-electron chi connectivity index (χ1n) is 13.8. The predicted molar refractivity (Wildman–Crippen MR) is 145 cm³/mol. The van der Waals surface area contributed by atoms with Gasteiger partial charge >= 0.3 is 12.1 Å². The van der Waals surface area contributed by atoms with Gasteiger partial charge in [-0.05, 0) is 58.3 Å². The van der Waals surface area contributed by atoms with E-state index in [2.05, 4.69) is 56.0 Å². The average molecular weight is 530 g/mol. The van der Waals surface area contributed by atoms with Gasteiger partial charge < -0.3 is 29.1 Å². The normalized spacial score (nSPS) is 19.6. The molecule has 4 heterocycles. The summed E-state index contributed by atoms with van der Waals surface area (Å²) in [5.41, 5.74) is -0.509. The molecule has 0 aromatic carbocycles. The topological polar surface area (TPSA) is 119 Å². The number of nitrogens with one attached hydrogen (secondary N) is 1. The van der Waals surface area contributed by atoms with Gasteiger partial charge in [-0.25, -0.2) is 14.8 Å². The molecule has 0 radical (unpaired) electrons. The van der Waals surface area contributed by atoms with E-state index >= 15 is 0 Å². The Kier molecular flexibility index (Phi) is 8.94. The fourth-order valence-corrected chi connectivity index (χ4v) is 4.93. The third-order valence-corrected chi connectivity index (χ3v) is 7.21. The number of aromatic nitrogens is 4. The van der Waals surface area contributed by atoms with Crippen LogP contribution in [0.5, 0.6) is 5.75 Å². The number of piperidine rings is 1. The van der Waals surface area contributed by atoms with Crippen molar-refractivity contribution >= 4 is 18.1 Å². The highest BCUT2D eigenvalue weighted by Crippen LogP contribution is 2.30. The summed E-state index contributed by atoms with van der Waals surface area (Å²) in [6.45, 7) is 16.0. The zero-order valence-electron chi connectivity index (χ0n) is 23.6. The minimum Gasteiger partial charge on any atom is -0.490 e. The van der Waals surface area contributed by atoms with Crippen molar-refractivity contribution in [2.45, 2.75) is 84.8 Å². The third-order valence-electron chi connectivity index (χ3n) is 7.21. The molecular formula is C27H43N7O4. The summed E-state index contributed by atoms with van der Waals surface area (Å²) in [7, 11) is 0. The van der Waals surface area contributed by atoms with Crippen LogP contribution in [-0.2, 0) is 4.74 Å². The molecule has 2 aromatic rings. The molecule has 1 amide bonds. The molecule has 0 unspecified atom stereocenters. The van der Waals surface area contributed by atoms with Gasteiger partial charge in [0.2, 0.25) is 5.95 Å². The molecule has 2 aromatic heterocycles. The zero-order valence-corrected chi connectivity index (χ0v) is 23.6. The maximum atomic E-state index is 12.0. The van der Waals surface area contributed by atoms with E-state index in [0.717, 1.165) is 51.1 Å². The largest absolute Gasteiger partial charge is 0.490 e. The Hall–Kier alpha value is -3.11. The van der Waals surface area contributed by atoms with Gasteiger partial charge in [0.05, 0.1) is 25.0 Å². The van der Waals surface area contributed by atoms with Gasteiger partial charge in [-0.3, -0.25) is 0 Å². The van der Waals surface area contributed by atoms with Crippen LogP contribution >= 0.6 is 0 Å². The van der Waals surface area contributed by atoms with Gasteiger partial charge in [0.15, 0.2) is 11.6 Å². The molecule has 1 N–H and O–H groups in total. The Morgan fingerprint density at radius 3 is 2.42 bits per heavy atom. The standard InChI is InChI=1S/C27H43N7O4/c1-18(2)23-31-25(38-32-23)33-11-7-20(8-12-33)19(3)10-14-36-22-15-28-24(29-16-22)34-13-9-21(17-34)30-26(35)37-27(4,5)6/h15-16,18-21H,7-14,17H2,1-6H3,(H,30,35)/t19-,21-/m1/s1. The molecular weight excluding hydrogens is 486 g/mol. The van der Waals surface area contributed by atoms with Gasteiger partial charge in [0.25, 0.3) is 0 Å². The Labute approximate surface area is 225 Å². The van der Waals surface area contributed by atoms with E-state index in [4.69, 9.17) is 14.0 Å². The van der Waals surface area contributed by atoms with E-state index in [1.807, 2.05) is 20.8 Å². The average Bonchev–Trinajstić information content (AvgIpc) is 3.54. The molecule has 210 valence electrons. The van der Waals surface area contributed by atoms with E-state index in [1.54, 1.807) is 12.4 Å². The fraction of sp³-hybridized carbons (Fsp3) is 0.741. The van der Waals surface area contributed by atoms with Crippen molar-refractivity contribution in [2.75, 3.05) is 42.6 Å². The Balaban J connectivity index is 1.15. The van der Waals surface area contributed by atoms with Gasteiger partial charge in [-0.15, -0.1) is 0 Å². The number of rotatable bonds is 9. The number of amides is 1. The van der Waals surface area contributed by atoms with Crippen LogP contribution in [0.3, 0.4) is 0 Å². The molecule has 11 nitrogen and oxygen atoms in total. The molecule has 0 saturated carbocycles. The molecule has 4 rings (SSSR count). The second kappa shape index (κ2) is 12.2. The first-order valence-corrected chi connectivity index (χ1v) is 13.8. The van der Waals surface area contributed by atoms with E-state index in [1.165, 1.54) is 0 Å². The van der Waals surface area contributed by atoms with Crippen LogP contribution in [0, 0.1) is 11.8 Å². The van der Waals surface area contributed by atoms with Crippen LogP contribution in [0.1, 0.15) is 79.0 Å². The Bertz CT molecular complexity index is 1030. The van der Waals surface area contributed by atoms with E-state index in [-0.39, 0.29) is 18.1 Å². The van der Waals surface area contributed by atoms with Crippen LogP contribution in [0.2, 0.25) is 0 Å². The van der Waals surface area contributed by atoms with Gasteiger partial charge in [-0.2, -0.15) is 4.98 Å². The summed E-state index contributed by atoms with van der Waals surface area (Å²) >= 11 is 0. The van der Waals surface area contributed by atoms with Crippen LogP contribution in [-0.4, -0.2) is 70.6 Å². The smallest absolute Gasteiger partial charge is 0.407 e. The Morgan fingerprint density at radius 1 is 1.11 bits per heavy atom. The van der Waals surface area contributed by atoms with Crippen molar-refractivity contribution in [3.8, 4) is 5.75 Å². The number of hydrogen-bond donors (Lipinski definition) is 1. The summed E-state index contributed by atoms with van der Waals surface area (Å²) in [5, 5.41) is 7.02. The lowest BCUT2D eigenvalue weighted by atomic mass is 9.84. The van der Waals surface area contributed by atoms with E-state index in [0.29, 0.717) is 42.7 Å². The number of carbonyl (C=O) groups is 1. The molecule has 0 bridgehead atoms. The first-order chi connectivity index (χ1) is 18.1. The highest BCUT2D eigenvalue weighted by atomic mass is 16.6. The van der Waals surface area contributed by atoms with Crippen molar-refractivity contribution in [1.29, 1.82) is 0 Å². The summed E-state index contributed by atoms with van der Waals surface area (Å²) in [6.07, 6.45) is 7.10. The lowest BCUT2D eigenvalue weighted by molar-refractivity contribution is 0.0509. The number of ether oxygens (including phenoxy) is 2. The fourth-order valence-electron chi connectivity index (χ4n) is 4.93. The number of anilines is 2. The summed E-state index contributed by atoms with van der Waals surface area (Å²) in [5.74, 6) is 3.57.